The molecule has 0 saturated carbocycles. The Morgan fingerprint density at radius 1 is 0.692 bits per heavy atom. The van der Waals surface area contributed by atoms with Crippen molar-refractivity contribution in [1.82, 2.24) is 5.01 Å². The number of alkyl halides is 2. The van der Waals surface area contributed by atoms with Crippen LogP contribution in [-0.2, 0) is 9.47 Å². The third-order valence-corrected chi connectivity index (χ3v) is 3.17. The van der Waals surface area contributed by atoms with Gasteiger partial charge in [-0.15, -0.1) is 0 Å². The number of nitro groups is 5. The van der Waals surface area contributed by atoms with Gasteiger partial charge in [-0.05, 0) is 0 Å². The number of hydrazine groups is 1. The van der Waals surface area contributed by atoms with Crippen molar-refractivity contribution in [3.63, 3.8) is 0 Å². The molecular weight excluding hydrogens is 419 g/mol. The van der Waals surface area contributed by atoms with Gasteiger partial charge in [0.2, 0.25) is 13.2 Å². The van der Waals surface area contributed by atoms with Crippen LogP contribution in [0.3, 0.4) is 0 Å². The molecule has 148 valence electrons. The number of nitrogens with zero attached hydrogens (tertiary/aromatic N) is 6. The highest BCUT2D eigenvalue weighted by molar-refractivity contribution is 6.21. The van der Waals surface area contributed by atoms with Crippen LogP contribution >= 0.6 is 23.2 Å². The van der Waals surface area contributed by atoms with E-state index in [1.54, 1.807) is 0 Å². The molecule has 0 atom stereocenters. The molecule has 20 heteroatoms. The lowest BCUT2D eigenvalue weighted by molar-refractivity contribution is -0.770. The van der Waals surface area contributed by atoms with Crippen molar-refractivity contribution in [3.8, 4) is 0 Å². The fourth-order valence-electron chi connectivity index (χ4n) is 1.04. The highest BCUT2D eigenvalue weighted by Gasteiger charge is 2.56. The average molecular weight is 427 g/mol. The first-order valence-corrected chi connectivity index (χ1v) is 6.55. The van der Waals surface area contributed by atoms with E-state index >= 15 is 0 Å². The number of hydrogen-bond donors (Lipinski definition) is 0. The molecule has 0 aromatic heterocycles. The summed E-state index contributed by atoms with van der Waals surface area (Å²) in [4.78, 5) is 46.8. The largest absolute Gasteiger partial charge is 0.560 e. The van der Waals surface area contributed by atoms with Gasteiger partial charge in [0, 0.05) is 0 Å². The van der Waals surface area contributed by atoms with Crippen LogP contribution in [0.4, 0.5) is 0 Å². The molecule has 0 bridgehead atoms. The Morgan fingerprint density at radius 3 is 1.15 bits per heavy atom. The highest BCUT2D eigenvalue weighted by atomic mass is 35.5. The standard InChI is InChI=1S/C6H8Cl2N6O12/c7-5(10(15)16,11(17)18)1-25-3-9(14(23)24)4-26-2-6(8,12(19)20)13(21)22/h1-4H2. The van der Waals surface area contributed by atoms with Gasteiger partial charge in [0.05, 0.1) is 23.2 Å². The zero-order valence-electron chi connectivity index (χ0n) is 12.2. The summed E-state index contributed by atoms with van der Waals surface area (Å²) in [5, 5.41) is 45.0. The Labute approximate surface area is 150 Å². The van der Waals surface area contributed by atoms with Crippen LogP contribution in [0.5, 0.6) is 0 Å². The summed E-state index contributed by atoms with van der Waals surface area (Å²) < 4.78 is 8.82. The van der Waals surface area contributed by atoms with E-state index in [1.807, 2.05) is 0 Å². The summed E-state index contributed by atoms with van der Waals surface area (Å²) >= 11 is 10.2. The molecule has 26 heavy (non-hydrogen) atoms. The lowest BCUT2D eigenvalue weighted by Crippen LogP contribution is -2.47. The fourth-order valence-corrected chi connectivity index (χ4v) is 1.19. The third kappa shape index (κ3) is 5.68. The van der Waals surface area contributed by atoms with E-state index in [4.69, 9.17) is 23.2 Å². The van der Waals surface area contributed by atoms with Crippen molar-refractivity contribution in [2.24, 2.45) is 0 Å². The Balaban J connectivity index is 4.76. The second kappa shape index (κ2) is 9.12. The molecule has 0 rings (SSSR count). The van der Waals surface area contributed by atoms with Gasteiger partial charge < -0.3 is 9.47 Å². The molecule has 0 spiro atoms. The van der Waals surface area contributed by atoms with Crippen LogP contribution in [0.2, 0.25) is 0 Å². The second-order valence-electron chi connectivity index (χ2n) is 4.17. The van der Waals surface area contributed by atoms with Gasteiger partial charge in [-0.1, -0.05) is 5.01 Å². The molecule has 0 radical (unpaired) electrons. The Morgan fingerprint density at radius 2 is 0.962 bits per heavy atom. The first kappa shape index (κ1) is 23.3. The highest BCUT2D eigenvalue weighted by Crippen LogP contribution is 2.18. The summed E-state index contributed by atoms with van der Waals surface area (Å²) in [7, 11) is 0. The zero-order chi connectivity index (χ0) is 20.7. The van der Waals surface area contributed by atoms with Gasteiger partial charge in [0.25, 0.3) is 0 Å². The van der Waals surface area contributed by atoms with E-state index in [1.165, 1.54) is 0 Å². The summed E-state index contributed by atoms with van der Waals surface area (Å²) in [6.07, 6.45) is 0. The van der Waals surface area contributed by atoms with Crippen molar-refractivity contribution in [2.45, 2.75) is 10.2 Å². The smallest absolute Gasteiger partial charge is 0.338 e. The van der Waals surface area contributed by atoms with E-state index in [0.717, 1.165) is 0 Å². The topological polar surface area (TPSA) is 237 Å². The quantitative estimate of drug-likeness (QED) is 0.116. The lowest BCUT2D eigenvalue weighted by atomic mass is 10.5. The number of rotatable bonds is 13. The summed E-state index contributed by atoms with van der Waals surface area (Å²) in [5.41, 5.74) is 0. The maximum atomic E-state index is 10.7. The third-order valence-electron chi connectivity index (χ3n) is 2.40. The normalized spacial score (nSPS) is 11.6. The Kier molecular flexibility index (Phi) is 8.18. The van der Waals surface area contributed by atoms with Crippen molar-refractivity contribution in [1.29, 1.82) is 0 Å². The molecule has 0 aliphatic heterocycles. The van der Waals surface area contributed by atoms with E-state index in [-0.39, 0.29) is 5.01 Å². The number of halogens is 2. The Hall–Kier alpha value is -2.70. The van der Waals surface area contributed by atoms with Crippen LogP contribution in [0, 0.1) is 50.6 Å². The molecular formula is C6H8Cl2N6O12. The lowest BCUT2D eigenvalue weighted by Gasteiger charge is -2.16. The molecule has 0 aliphatic carbocycles. The average Bonchev–Trinajstić information content (AvgIpc) is 2.51. The first-order chi connectivity index (χ1) is 11.8. The van der Waals surface area contributed by atoms with E-state index in [9.17, 15) is 50.6 Å². The van der Waals surface area contributed by atoms with Gasteiger partial charge in [0.1, 0.15) is 19.7 Å². The zero-order valence-corrected chi connectivity index (χ0v) is 13.7. The van der Waals surface area contributed by atoms with E-state index in [2.05, 4.69) is 9.47 Å². The van der Waals surface area contributed by atoms with Gasteiger partial charge >= 0.3 is 10.2 Å². The predicted octanol–water partition coefficient (Wildman–Crippen LogP) is -0.680. The van der Waals surface area contributed by atoms with Crippen LogP contribution < -0.4 is 0 Å². The van der Waals surface area contributed by atoms with Crippen LogP contribution in [0.25, 0.3) is 0 Å². The molecule has 0 aliphatic rings. The van der Waals surface area contributed by atoms with Gasteiger partial charge in [-0.3, -0.25) is 40.5 Å². The molecule has 0 N–H and O–H groups in total. The molecule has 0 amide bonds. The molecule has 0 aromatic carbocycles. The summed E-state index contributed by atoms with van der Waals surface area (Å²) in [6, 6.07) is 0. The number of ether oxygens (including phenoxy) is 2. The van der Waals surface area contributed by atoms with Crippen molar-refractivity contribution in [2.75, 3.05) is 26.7 Å². The minimum absolute atomic E-state index is 0.00555. The first-order valence-electron chi connectivity index (χ1n) is 5.79. The minimum atomic E-state index is -3.30. The predicted molar refractivity (Wildman–Crippen MR) is 75.6 cm³/mol. The number of hydrogen-bond acceptors (Lipinski definition) is 12. The minimum Gasteiger partial charge on any atom is -0.338 e. The van der Waals surface area contributed by atoms with Crippen molar-refractivity contribution < 1.29 is 34.2 Å². The second-order valence-corrected chi connectivity index (χ2v) is 5.38. The van der Waals surface area contributed by atoms with Crippen LogP contribution in [-0.4, -0.2) is 66.7 Å². The van der Waals surface area contributed by atoms with Gasteiger partial charge in [-0.25, -0.2) is 10.1 Å². The van der Waals surface area contributed by atoms with Gasteiger partial charge in [0.15, 0.2) is 18.5 Å². The maximum absolute atomic E-state index is 10.7. The van der Waals surface area contributed by atoms with Gasteiger partial charge in [-0.2, -0.15) is 0 Å². The molecule has 0 aromatic rings. The maximum Gasteiger partial charge on any atom is 0.560 e. The van der Waals surface area contributed by atoms with E-state index in [0.29, 0.717) is 0 Å². The molecule has 0 fully saturated rings. The van der Waals surface area contributed by atoms with Crippen molar-refractivity contribution >= 4 is 23.2 Å². The molecule has 0 heterocycles. The van der Waals surface area contributed by atoms with Crippen LogP contribution in [0.15, 0.2) is 0 Å². The molecule has 0 unspecified atom stereocenters. The molecule has 18 nitrogen and oxygen atoms in total. The fraction of sp³-hybridized carbons (Fsp3) is 1.00. The summed E-state index contributed by atoms with van der Waals surface area (Å²) in [5.74, 6) is 0. The molecule has 0 saturated heterocycles. The SMILES string of the molecule is O=[N+]([O-])N(COCC(Cl)([N+](=O)[O-])[N+](=O)[O-])COCC(Cl)([N+](=O)[O-])[N+](=O)[O-]. The van der Waals surface area contributed by atoms with E-state index < -0.39 is 61.6 Å². The monoisotopic (exact) mass is 426 g/mol. The van der Waals surface area contributed by atoms with Crippen LogP contribution in [0.1, 0.15) is 0 Å². The van der Waals surface area contributed by atoms with Crippen molar-refractivity contribution in [3.05, 3.63) is 50.6 Å². The summed E-state index contributed by atoms with van der Waals surface area (Å²) in [6.45, 7) is -5.06. The Bertz CT molecular complexity index is 529.